The molecule has 0 aliphatic rings. The Morgan fingerprint density at radius 3 is 2.22 bits per heavy atom. The number of nitrogens with one attached hydrogen (secondary N) is 1. The van der Waals surface area contributed by atoms with E-state index in [4.69, 9.17) is 23.2 Å². The van der Waals surface area contributed by atoms with Crippen LogP contribution in [0.1, 0.15) is 30.0 Å². The quantitative estimate of drug-likeness (QED) is 0.170. The second kappa shape index (κ2) is 15.4. The van der Waals surface area contributed by atoms with Crippen molar-refractivity contribution < 1.29 is 22.4 Å². The van der Waals surface area contributed by atoms with Crippen LogP contribution in [0.3, 0.4) is 0 Å². The average molecular weight is 671 g/mol. The van der Waals surface area contributed by atoms with E-state index in [0.717, 1.165) is 21.5 Å². The summed E-state index contributed by atoms with van der Waals surface area (Å²) in [6.45, 7) is 3.17. The van der Waals surface area contributed by atoms with Crippen molar-refractivity contribution >= 4 is 50.7 Å². The van der Waals surface area contributed by atoms with Gasteiger partial charge in [-0.3, -0.25) is 13.9 Å². The van der Waals surface area contributed by atoms with Gasteiger partial charge in [0.15, 0.2) is 0 Å². The monoisotopic (exact) mass is 669 g/mol. The summed E-state index contributed by atoms with van der Waals surface area (Å²) in [5.41, 5.74) is 1.81. The van der Waals surface area contributed by atoms with Crippen molar-refractivity contribution in [3.05, 3.63) is 130 Å². The van der Waals surface area contributed by atoms with Crippen molar-refractivity contribution in [3.8, 4) is 0 Å². The largest absolute Gasteiger partial charge is 0.354 e. The predicted octanol–water partition coefficient (Wildman–Crippen LogP) is 6.80. The van der Waals surface area contributed by atoms with Crippen LogP contribution in [0.5, 0.6) is 0 Å². The minimum atomic E-state index is -4.43. The number of para-hydroxylation sites is 1. The summed E-state index contributed by atoms with van der Waals surface area (Å²) in [5.74, 6) is -1.97. The number of sulfonamides is 1. The number of anilines is 1. The number of carbonyl (C=O) groups is 2. The van der Waals surface area contributed by atoms with Gasteiger partial charge in [-0.2, -0.15) is 0 Å². The van der Waals surface area contributed by atoms with Crippen molar-refractivity contribution in [2.24, 2.45) is 0 Å². The van der Waals surface area contributed by atoms with Gasteiger partial charge in [-0.1, -0.05) is 96.4 Å². The fourth-order valence-electron chi connectivity index (χ4n) is 4.76. The van der Waals surface area contributed by atoms with E-state index in [2.05, 4.69) is 5.32 Å². The van der Waals surface area contributed by atoms with Crippen LogP contribution in [0.25, 0.3) is 0 Å². The summed E-state index contributed by atoms with van der Waals surface area (Å²) in [4.78, 5) is 29.3. The van der Waals surface area contributed by atoms with Gasteiger partial charge in [-0.25, -0.2) is 12.8 Å². The minimum absolute atomic E-state index is 0.113. The maximum Gasteiger partial charge on any atom is 0.264 e. The number of benzene rings is 4. The van der Waals surface area contributed by atoms with E-state index in [-0.39, 0.29) is 28.6 Å². The highest BCUT2D eigenvalue weighted by Crippen LogP contribution is 2.28. The Hall–Kier alpha value is -3.92. The highest BCUT2D eigenvalue weighted by molar-refractivity contribution is 7.92. The lowest BCUT2D eigenvalue weighted by Crippen LogP contribution is -2.53. The second-order valence-corrected chi connectivity index (χ2v) is 13.2. The summed E-state index contributed by atoms with van der Waals surface area (Å²) in [5, 5.41) is 3.53. The second-order valence-electron chi connectivity index (χ2n) is 10.5. The smallest absolute Gasteiger partial charge is 0.264 e. The zero-order chi connectivity index (χ0) is 32.6. The number of aryl methyl sites for hydroxylation is 1. The van der Waals surface area contributed by atoms with E-state index in [0.29, 0.717) is 23.6 Å². The summed E-state index contributed by atoms with van der Waals surface area (Å²) in [7, 11) is -4.43. The number of amides is 2. The Bertz CT molecular complexity index is 1740. The third-order valence-electron chi connectivity index (χ3n) is 7.19. The molecule has 1 N–H and O–H groups in total. The molecule has 2 amide bonds. The number of nitrogens with zero attached hydrogens (tertiary/aromatic N) is 2. The third kappa shape index (κ3) is 8.63. The lowest BCUT2D eigenvalue weighted by atomic mass is 10.0. The zero-order valence-electron chi connectivity index (χ0n) is 24.9. The molecule has 0 saturated heterocycles. The molecule has 0 aliphatic heterocycles. The van der Waals surface area contributed by atoms with E-state index >= 15 is 4.39 Å². The molecule has 0 spiro atoms. The number of rotatable bonds is 13. The van der Waals surface area contributed by atoms with Gasteiger partial charge < -0.3 is 10.2 Å². The van der Waals surface area contributed by atoms with E-state index in [9.17, 15) is 18.0 Å². The fraction of sp³-hybridized carbons (Fsp3) is 0.235. The normalized spacial score (nSPS) is 11.9. The van der Waals surface area contributed by atoms with Gasteiger partial charge in [0.25, 0.3) is 10.0 Å². The minimum Gasteiger partial charge on any atom is -0.354 e. The van der Waals surface area contributed by atoms with Crippen LogP contribution in [-0.2, 0) is 32.6 Å². The molecule has 0 saturated carbocycles. The molecule has 0 aliphatic carbocycles. The lowest BCUT2D eigenvalue weighted by molar-refractivity contribution is -0.140. The molecule has 1 atom stereocenters. The maximum absolute atomic E-state index is 15.2. The summed E-state index contributed by atoms with van der Waals surface area (Å²) >= 11 is 12.6. The van der Waals surface area contributed by atoms with Gasteiger partial charge in [-0.15, -0.1) is 0 Å². The number of hydrogen-bond donors (Lipinski definition) is 1. The molecule has 0 bridgehead atoms. The van der Waals surface area contributed by atoms with Crippen LogP contribution in [-0.4, -0.2) is 44.3 Å². The van der Waals surface area contributed by atoms with Crippen molar-refractivity contribution in [1.82, 2.24) is 10.2 Å². The van der Waals surface area contributed by atoms with Crippen LogP contribution in [0.4, 0.5) is 10.1 Å². The molecule has 0 aromatic heterocycles. The van der Waals surface area contributed by atoms with Gasteiger partial charge >= 0.3 is 0 Å². The van der Waals surface area contributed by atoms with Crippen LogP contribution < -0.4 is 9.62 Å². The van der Waals surface area contributed by atoms with E-state index in [1.165, 1.54) is 41.3 Å². The molecule has 11 heteroatoms. The molecule has 4 aromatic carbocycles. The average Bonchev–Trinajstić information content (AvgIpc) is 3.02. The Balaban J connectivity index is 1.82. The first-order chi connectivity index (χ1) is 21.5. The maximum atomic E-state index is 15.2. The summed E-state index contributed by atoms with van der Waals surface area (Å²) in [6.07, 6.45) is 0.800. The van der Waals surface area contributed by atoms with Crippen molar-refractivity contribution in [2.75, 3.05) is 17.4 Å². The molecule has 4 rings (SSSR count). The SMILES string of the molecule is CCCNC(=O)[C@@H](Cc1ccccc1)N(Cc1ccc(Cl)cc1Cl)C(=O)CN(c1ccccc1F)S(=O)(=O)c1ccc(C)cc1. The van der Waals surface area contributed by atoms with Gasteiger partial charge in [0.2, 0.25) is 11.8 Å². The third-order valence-corrected chi connectivity index (χ3v) is 9.55. The van der Waals surface area contributed by atoms with Crippen molar-refractivity contribution in [2.45, 2.75) is 44.2 Å². The van der Waals surface area contributed by atoms with E-state index in [1.54, 1.807) is 24.3 Å². The molecular weight excluding hydrogens is 636 g/mol. The molecule has 4 aromatic rings. The highest BCUT2D eigenvalue weighted by atomic mass is 35.5. The Kier molecular flexibility index (Phi) is 11.6. The zero-order valence-corrected chi connectivity index (χ0v) is 27.2. The Morgan fingerprint density at radius 2 is 1.58 bits per heavy atom. The molecular formula is C34H34Cl2FN3O4S. The molecule has 0 radical (unpaired) electrons. The highest BCUT2D eigenvalue weighted by Gasteiger charge is 2.35. The van der Waals surface area contributed by atoms with Crippen molar-refractivity contribution in [1.29, 1.82) is 0 Å². The first-order valence-electron chi connectivity index (χ1n) is 14.4. The molecule has 236 valence electrons. The van der Waals surface area contributed by atoms with Crippen LogP contribution in [0.15, 0.2) is 102 Å². The molecule has 0 heterocycles. The number of hydrogen-bond acceptors (Lipinski definition) is 4. The fourth-order valence-corrected chi connectivity index (χ4v) is 6.65. The standard InChI is InChI=1S/C34H34Cl2FN3O4S/c1-3-19-38-34(42)32(20-25-9-5-4-6-10-25)39(22-26-15-16-27(35)21-29(26)36)33(41)23-40(31-12-8-7-11-30(31)37)45(43,44)28-17-13-24(2)14-18-28/h4-18,21,32H,3,19-20,22-23H2,1-2H3,(H,38,42)/t32-/m1/s1. The molecule has 0 fully saturated rings. The van der Waals surface area contributed by atoms with Crippen LogP contribution in [0, 0.1) is 12.7 Å². The topological polar surface area (TPSA) is 86.8 Å². The first-order valence-corrected chi connectivity index (χ1v) is 16.6. The van der Waals surface area contributed by atoms with Gasteiger partial charge in [0, 0.05) is 29.6 Å². The van der Waals surface area contributed by atoms with E-state index in [1.807, 2.05) is 44.2 Å². The van der Waals surface area contributed by atoms with Gasteiger partial charge in [0.1, 0.15) is 18.4 Å². The first kappa shape index (κ1) is 34.0. The lowest BCUT2D eigenvalue weighted by Gasteiger charge is -2.34. The van der Waals surface area contributed by atoms with Crippen LogP contribution in [0.2, 0.25) is 10.0 Å². The number of halogens is 3. The van der Waals surface area contributed by atoms with E-state index < -0.39 is 40.2 Å². The number of carbonyl (C=O) groups excluding carboxylic acids is 2. The summed E-state index contributed by atoms with van der Waals surface area (Å²) < 4.78 is 44.0. The summed E-state index contributed by atoms with van der Waals surface area (Å²) in [6, 6.07) is 24.3. The molecule has 7 nitrogen and oxygen atoms in total. The molecule has 0 unspecified atom stereocenters. The predicted molar refractivity (Wildman–Crippen MR) is 176 cm³/mol. The van der Waals surface area contributed by atoms with Crippen LogP contribution >= 0.6 is 23.2 Å². The molecule has 45 heavy (non-hydrogen) atoms. The Morgan fingerprint density at radius 1 is 0.911 bits per heavy atom. The van der Waals surface area contributed by atoms with Gasteiger partial charge in [0.05, 0.1) is 10.6 Å². The van der Waals surface area contributed by atoms with Crippen molar-refractivity contribution in [3.63, 3.8) is 0 Å². The van der Waals surface area contributed by atoms with Gasteiger partial charge in [-0.05, 0) is 60.9 Å². The Labute approximate surface area is 273 Å².